The number of imide groups is 1. The summed E-state index contributed by atoms with van der Waals surface area (Å²) in [5, 5.41) is 9.51. The Bertz CT molecular complexity index is 2380. The van der Waals surface area contributed by atoms with Crippen LogP contribution in [0.2, 0.25) is 0 Å². The van der Waals surface area contributed by atoms with Crippen molar-refractivity contribution in [1.29, 1.82) is 0 Å². The third-order valence-electron chi connectivity index (χ3n) is 13.6. The maximum atomic E-state index is 13.4. The Labute approximate surface area is 377 Å². The van der Waals surface area contributed by atoms with Crippen LogP contribution in [0.25, 0.3) is 5.57 Å². The summed E-state index contributed by atoms with van der Waals surface area (Å²) in [4.78, 5) is 83.7. The maximum Gasteiger partial charge on any atom is 0.270 e. The molecule has 334 valence electrons. The number of thioether (sulfide) groups is 1. The molecule has 3 aromatic rings. The van der Waals surface area contributed by atoms with Crippen LogP contribution >= 0.6 is 11.8 Å². The summed E-state index contributed by atoms with van der Waals surface area (Å²) in [6, 6.07) is 8.89. The third kappa shape index (κ3) is 9.98. The van der Waals surface area contributed by atoms with E-state index in [0.717, 1.165) is 111 Å². The van der Waals surface area contributed by atoms with E-state index in [4.69, 9.17) is 15.7 Å². The van der Waals surface area contributed by atoms with Gasteiger partial charge < -0.3 is 26.2 Å². The van der Waals surface area contributed by atoms with Crippen molar-refractivity contribution >= 4 is 52.7 Å². The van der Waals surface area contributed by atoms with Gasteiger partial charge in [0.1, 0.15) is 22.6 Å². The molecule has 2 atom stereocenters. The van der Waals surface area contributed by atoms with E-state index in [1.165, 1.54) is 10.5 Å². The Morgan fingerprint density at radius 3 is 2.50 bits per heavy atom. The molecule has 2 aromatic heterocycles. The predicted molar refractivity (Wildman–Crippen MR) is 244 cm³/mol. The van der Waals surface area contributed by atoms with E-state index in [1.807, 2.05) is 30.6 Å². The number of carbonyl (C=O) groups excluding carboxylic acids is 5. The van der Waals surface area contributed by atoms with Crippen LogP contribution in [0.15, 0.2) is 83.9 Å². The van der Waals surface area contributed by atoms with Gasteiger partial charge in [-0.2, -0.15) is 0 Å². The molecule has 15 nitrogen and oxygen atoms in total. The topological polar surface area (TPSA) is 196 Å². The fraction of sp³-hybridized carbons (Fsp3) is 0.458. The first kappa shape index (κ1) is 43.5. The molecule has 5 N–H and O–H groups in total. The molecule has 2 saturated heterocycles. The number of pyridine rings is 1. The average molecular weight is 885 g/mol. The SMILES string of the molecule is CC1(N)CCN(c2cnc(SC3C=C(NC(=O)C4CCC(N5CC=C(c6ccc(C(=O)NCc7ccc8c(c7)CN(C7CCC(=O)NC7=O)C8=O)nc6)CC5)CC4)C=CC3)cn2)CC1. The maximum absolute atomic E-state index is 13.4. The van der Waals surface area contributed by atoms with Crippen LogP contribution in [-0.4, -0.2) is 103 Å². The van der Waals surface area contributed by atoms with Gasteiger partial charge in [-0.15, -0.1) is 0 Å². The lowest BCUT2D eigenvalue weighted by molar-refractivity contribution is -0.137. The fourth-order valence-corrected chi connectivity index (χ4v) is 10.7. The molecular weight excluding hydrogens is 829 g/mol. The summed E-state index contributed by atoms with van der Waals surface area (Å²) >= 11 is 1.67. The molecule has 64 heavy (non-hydrogen) atoms. The molecule has 5 amide bonds. The summed E-state index contributed by atoms with van der Waals surface area (Å²) < 4.78 is 0. The van der Waals surface area contributed by atoms with E-state index >= 15 is 0 Å². The molecule has 16 heteroatoms. The van der Waals surface area contributed by atoms with E-state index in [-0.39, 0.29) is 59.8 Å². The van der Waals surface area contributed by atoms with Crippen molar-refractivity contribution in [2.24, 2.45) is 11.7 Å². The Morgan fingerprint density at radius 2 is 1.78 bits per heavy atom. The Hall–Kier alpha value is -5.71. The summed E-state index contributed by atoms with van der Waals surface area (Å²) in [6.07, 6.45) is 21.9. The second-order valence-corrected chi connectivity index (χ2v) is 19.5. The van der Waals surface area contributed by atoms with Crippen LogP contribution in [-0.2, 0) is 27.5 Å². The van der Waals surface area contributed by atoms with E-state index < -0.39 is 11.9 Å². The largest absolute Gasteiger partial charge is 0.355 e. The molecule has 2 unspecified atom stereocenters. The highest BCUT2D eigenvalue weighted by Crippen LogP contribution is 2.33. The van der Waals surface area contributed by atoms with Crippen LogP contribution in [0.3, 0.4) is 0 Å². The Kier molecular flexibility index (Phi) is 12.8. The first-order chi connectivity index (χ1) is 30.9. The molecule has 0 radical (unpaired) electrons. The lowest BCUT2D eigenvalue weighted by Crippen LogP contribution is -2.52. The molecule has 1 aromatic carbocycles. The van der Waals surface area contributed by atoms with Crippen molar-refractivity contribution in [2.75, 3.05) is 31.1 Å². The van der Waals surface area contributed by atoms with Crippen LogP contribution in [0.1, 0.15) is 109 Å². The summed E-state index contributed by atoms with van der Waals surface area (Å²) in [5.74, 6) is -0.290. The molecule has 6 heterocycles. The number of hydrogen-bond donors (Lipinski definition) is 4. The van der Waals surface area contributed by atoms with E-state index in [9.17, 15) is 24.0 Å². The minimum Gasteiger partial charge on any atom is -0.355 e. The van der Waals surface area contributed by atoms with Crippen molar-refractivity contribution in [3.63, 3.8) is 0 Å². The van der Waals surface area contributed by atoms with Crippen LogP contribution in [0, 0.1) is 5.92 Å². The number of aromatic nitrogens is 3. The molecule has 1 saturated carbocycles. The van der Waals surface area contributed by atoms with Gasteiger partial charge in [-0.05, 0) is 111 Å². The number of nitrogens with one attached hydrogen (secondary N) is 3. The molecule has 0 bridgehead atoms. The third-order valence-corrected chi connectivity index (χ3v) is 14.7. The van der Waals surface area contributed by atoms with Gasteiger partial charge in [0.25, 0.3) is 11.8 Å². The van der Waals surface area contributed by atoms with Crippen molar-refractivity contribution in [3.8, 4) is 0 Å². The van der Waals surface area contributed by atoms with Crippen LogP contribution < -0.4 is 26.6 Å². The number of nitrogens with two attached hydrogens (primary N) is 1. The minimum atomic E-state index is -0.671. The highest BCUT2D eigenvalue weighted by Gasteiger charge is 2.39. The summed E-state index contributed by atoms with van der Waals surface area (Å²) in [6.45, 7) is 6.20. The van der Waals surface area contributed by atoms with E-state index in [2.05, 4.69) is 55.9 Å². The van der Waals surface area contributed by atoms with Crippen LogP contribution in [0.4, 0.5) is 5.82 Å². The summed E-state index contributed by atoms with van der Waals surface area (Å²) in [7, 11) is 0. The fourth-order valence-electron chi connectivity index (χ4n) is 9.71. The smallest absolute Gasteiger partial charge is 0.270 e. The van der Waals surface area contributed by atoms with Gasteiger partial charge in [0, 0.05) is 85.9 Å². The Morgan fingerprint density at radius 1 is 0.953 bits per heavy atom. The number of carbonyl (C=O) groups is 5. The zero-order chi connectivity index (χ0) is 44.4. The first-order valence-corrected chi connectivity index (χ1v) is 23.5. The summed E-state index contributed by atoms with van der Waals surface area (Å²) in [5.41, 5.74) is 11.7. The number of allylic oxidation sites excluding steroid dienone is 2. The lowest BCUT2D eigenvalue weighted by atomic mass is 9.84. The van der Waals surface area contributed by atoms with Gasteiger partial charge in [0.2, 0.25) is 17.7 Å². The molecule has 3 fully saturated rings. The monoisotopic (exact) mass is 884 g/mol. The number of benzene rings is 1. The highest BCUT2D eigenvalue weighted by atomic mass is 32.2. The molecule has 4 aliphatic heterocycles. The lowest BCUT2D eigenvalue weighted by Gasteiger charge is -2.38. The molecule has 9 rings (SSSR count). The quantitative estimate of drug-likeness (QED) is 0.195. The number of fused-ring (bicyclic) bond motifs is 1. The number of rotatable bonds is 11. The number of anilines is 1. The van der Waals surface area contributed by atoms with Gasteiger partial charge >= 0.3 is 0 Å². The standard InChI is InChI=1S/C48H56N10O5S/c1-48(49)17-21-57(22-18-48)41-27-52-43(28-51-41)64-37-4-2-3-35(24-37)54-44(60)32-6-9-36(10-7-32)56-19-15-31(16-20-56)33-8-12-39(50-26-33)45(61)53-25-30-5-11-38-34(23-30)29-58(47(38)63)40-13-14-42(59)55-46(40)62/h2-3,5,8,11-12,15,23-24,26-28,32,36-37,40H,4,6-7,9-10,13-14,16-22,25,29,49H2,1H3,(H,53,61)(H,54,60)(H,55,59,62). The molecular formula is C48H56N10O5S. The van der Waals surface area contributed by atoms with Gasteiger partial charge in [-0.3, -0.25) is 39.2 Å². The zero-order valence-electron chi connectivity index (χ0n) is 36.3. The van der Waals surface area contributed by atoms with Crippen LogP contribution in [0.5, 0.6) is 0 Å². The molecule has 2 aliphatic carbocycles. The predicted octanol–water partition coefficient (Wildman–Crippen LogP) is 4.65. The van der Waals surface area contributed by atoms with Gasteiger partial charge in [-0.25, -0.2) is 9.97 Å². The highest BCUT2D eigenvalue weighted by molar-refractivity contribution is 8.00. The van der Waals surface area contributed by atoms with Crippen molar-refractivity contribution in [3.05, 3.63) is 107 Å². The normalized spacial score (nSPS) is 24.7. The second-order valence-electron chi connectivity index (χ2n) is 18.2. The van der Waals surface area contributed by atoms with Gasteiger partial charge in [0.15, 0.2) is 0 Å². The van der Waals surface area contributed by atoms with Crippen molar-refractivity contribution < 1.29 is 24.0 Å². The van der Waals surface area contributed by atoms with Gasteiger partial charge in [0.05, 0.1) is 12.4 Å². The molecule has 6 aliphatic rings. The average Bonchev–Trinajstić information content (AvgIpc) is 3.63. The number of piperidine rings is 2. The minimum absolute atomic E-state index is 0.00139. The number of hydrogen-bond acceptors (Lipinski definition) is 12. The second kappa shape index (κ2) is 18.8. The first-order valence-electron chi connectivity index (χ1n) is 22.6. The van der Waals surface area contributed by atoms with E-state index in [1.54, 1.807) is 36.2 Å². The van der Waals surface area contributed by atoms with Crippen molar-refractivity contribution in [2.45, 2.75) is 112 Å². The van der Waals surface area contributed by atoms with Crippen molar-refractivity contribution in [1.82, 2.24) is 40.7 Å². The Balaban J connectivity index is 0.698. The van der Waals surface area contributed by atoms with Gasteiger partial charge in [-0.1, -0.05) is 42.1 Å². The van der Waals surface area contributed by atoms with E-state index in [0.29, 0.717) is 23.7 Å². The number of nitrogens with zero attached hydrogens (tertiary/aromatic N) is 6. The zero-order valence-corrected chi connectivity index (χ0v) is 37.1. The number of amides is 5. The molecule has 0 spiro atoms.